The van der Waals surface area contributed by atoms with Crippen LogP contribution in [0.25, 0.3) is 0 Å². The van der Waals surface area contributed by atoms with Gasteiger partial charge in [0.2, 0.25) is 11.8 Å². The lowest BCUT2D eigenvalue weighted by molar-refractivity contribution is -0.143. The Morgan fingerprint density at radius 2 is 1.93 bits per heavy atom. The summed E-state index contributed by atoms with van der Waals surface area (Å²) in [7, 11) is 0. The van der Waals surface area contributed by atoms with Gasteiger partial charge in [-0.15, -0.1) is 0 Å². The Morgan fingerprint density at radius 1 is 1.40 bits per heavy atom. The number of nitrogens with two attached hydrogens (primary N) is 1. The lowest BCUT2D eigenvalue weighted by atomic mass is 9.88. The second-order valence-electron chi connectivity index (χ2n) is 5.12. The fourth-order valence-electron chi connectivity index (χ4n) is 1.33. The highest BCUT2D eigenvalue weighted by Crippen LogP contribution is 2.23. The van der Waals surface area contributed by atoms with Crippen molar-refractivity contribution in [2.24, 2.45) is 11.1 Å². The van der Waals surface area contributed by atoms with E-state index in [1.165, 1.54) is 0 Å². The molecule has 5 nitrogen and oxygen atoms in total. The Kier molecular flexibility index (Phi) is 3.04. The zero-order valence-electron chi connectivity index (χ0n) is 9.42. The van der Waals surface area contributed by atoms with Crippen molar-refractivity contribution in [3.8, 4) is 0 Å². The van der Waals surface area contributed by atoms with Gasteiger partial charge < -0.3 is 15.8 Å². The predicted molar refractivity (Wildman–Crippen MR) is 55.0 cm³/mol. The average molecular weight is 214 g/mol. The number of ether oxygens (including phenoxy) is 1. The van der Waals surface area contributed by atoms with Crippen LogP contribution in [0.2, 0.25) is 0 Å². The van der Waals surface area contributed by atoms with Crippen LogP contribution in [0.15, 0.2) is 0 Å². The minimum absolute atomic E-state index is 0.0907. The molecule has 0 unspecified atom stereocenters. The Hall–Kier alpha value is -1.10. The molecule has 1 rings (SSSR count). The average Bonchev–Trinajstić information content (AvgIpc) is 1.97. The normalized spacial score (nSPS) is 19.1. The van der Waals surface area contributed by atoms with Crippen LogP contribution >= 0.6 is 0 Å². The van der Waals surface area contributed by atoms with Gasteiger partial charge in [-0.2, -0.15) is 0 Å². The molecule has 0 aromatic heterocycles. The summed E-state index contributed by atoms with van der Waals surface area (Å²) in [6.45, 7) is 6.18. The second-order valence-corrected chi connectivity index (χ2v) is 5.12. The number of rotatable bonds is 3. The maximum atomic E-state index is 11.7. The molecule has 1 saturated heterocycles. The van der Waals surface area contributed by atoms with E-state index < -0.39 is 16.9 Å². The highest BCUT2D eigenvalue weighted by Gasteiger charge is 2.43. The highest BCUT2D eigenvalue weighted by molar-refractivity contribution is 5.83. The Bertz CT molecular complexity index is 277. The largest absolute Gasteiger partial charge is 0.376 e. The fraction of sp³-hybridized carbons (Fsp3) is 0.800. The third-order valence-corrected chi connectivity index (χ3v) is 2.33. The Morgan fingerprint density at radius 3 is 2.20 bits per heavy atom. The minimum Gasteiger partial charge on any atom is -0.376 e. The van der Waals surface area contributed by atoms with E-state index in [2.05, 4.69) is 5.32 Å². The topological polar surface area (TPSA) is 81.4 Å². The monoisotopic (exact) mass is 214 g/mol. The van der Waals surface area contributed by atoms with Crippen LogP contribution in [0.1, 0.15) is 27.2 Å². The Labute approximate surface area is 89.3 Å². The highest BCUT2D eigenvalue weighted by atomic mass is 16.5. The first-order valence-corrected chi connectivity index (χ1v) is 4.94. The fourth-order valence-corrected chi connectivity index (χ4v) is 1.33. The van der Waals surface area contributed by atoms with Crippen molar-refractivity contribution in [1.82, 2.24) is 5.32 Å². The standard InChI is InChI=1S/C10H18N2O3/c1-9(2,3)8(14)12-10(4-7(11)13)5-15-6-10/h4-6H2,1-3H3,(H2,11,13)(H,12,14). The van der Waals surface area contributed by atoms with Gasteiger partial charge in [0, 0.05) is 5.41 Å². The summed E-state index contributed by atoms with van der Waals surface area (Å²) in [6, 6.07) is 0. The van der Waals surface area contributed by atoms with E-state index in [4.69, 9.17) is 10.5 Å². The molecule has 0 aromatic rings. The summed E-state index contributed by atoms with van der Waals surface area (Å²) >= 11 is 0. The molecule has 0 spiro atoms. The molecule has 15 heavy (non-hydrogen) atoms. The number of hydrogen-bond donors (Lipinski definition) is 2. The second kappa shape index (κ2) is 3.81. The molecule has 0 bridgehead atoms. The first-order chi connectivity index (χ1) is 6.75. The van der Waals surface area contributed by atoms with Crippen molar-refractivity contribution in [2.45, 2.75) is 32.7 Å². The molecular weight excluding hydrogens is 196 g/mol. The van der Waals surface area contributed by atoms with Gasteiger partial charge in [-0.1, -0.05) is 20.8 Å². The summed E-state index contributed by atoms with van der Waals surface area (Å²) < 4.78 is 5.03. The molecule has 0 aliphatic carbocycles. The number of hydrogen-bond acceptors (Lipinski definition) is 3. The molecule has 1 fully saturated rings. The molecule has 1 aliphatic rings. The number of amides is 2. The van der Waals surface area contributed by atoms with Crippen molar-refractivity contribution in [1.29, 1.82) is 0 Å². The van der Waals surface area contributed by atoms with Gasteiger partial charge in [-0.05, 0) is 0 Å². The molecule has 1 heterocycles. The van der Waals surface area contributed by atoms with Crippen molar-refractivity contribution in [3.05, 3.63) is 0 Å². The van der Waals surface area contributed by atoms with Crippen molar-refractivity contribution in [3.63, 3.8) is 0 Å². The molecule has 0 saturated carbocycles. The van der Waals surface area contributed by atoms with E-state index in [1.54, 1.807) is 0 Å². The molecule has 86 valence electrons. The summed E-state index contributed by atoms with van der Waals surface area (Å²) in [5.41, 5.74) is 4.08. The molecule has 3 N–H and O–H groups in total. The van der Waals surface area contributed by atoms with Crippen LogP contribution in [0.4, 0.5) is 0 Å². The summed E-state index contributed by atoms with van der Waals surface area (Å²) in [6.07, 6.45) is 0.134. The molecule has 2 amide bonds. The zero-order chi connectivity index (χ0) is 11.7. The smallest absolute Gasteiger partial charge is 0.225 e. The Balaban J connectivity index is 2.61. The molecule has 0 radical (unpaired) electrons. The van der Waals surface area contributed by atoms with Crippen LogP contribution in [0.3, 0.4) is 0 Å². The summed E-state index contributed by atoms with van der Waals surface area (Å²) in [5, 5.41) is 2.84. The van der Waals surface area contributed by atoms with Crippen molar-refractivity contribution >= 4 is 11.8 Å². The van der Waals surface area contributed by atoms with Crippen molar-refractivity contribution in [2.75, 3.05) is 13.2 Å². The maximum Gasteiger partial charge on any atom is 0.225 e. The molecule has 1 aliphatic heterocycles. The van der Waals surface area contributed by atoms with Gasteiger partial charge in [0.05, 0.1) is 25.2 Å². The summed E-state index contributed by atoms with van der Waals surface area (Å²) in [5.74, 6) is -0.514. The van der Waals surface area contributed by atoms with Crippen LogP contribution in [0.5, 0.6) is 0 Å². The van der Waals surface area contributed by atoms with Gasteiger partial charge in [0.1, 0.15) is 0 Å². The number of primary amides is 1. The number of carbonyl (C=O) groups is 2. The van der Waals surface area contributed by atoms with E-state index in [0.29, 0.717) is 13.2 Å². The van der Waals surface area contributed by atoms with E-state index >= 15 is 0 Å². The third kappa shape index (κ3) is 2.92. The SMILES string of the molecule is CC(C)(C)C(=O)NC1(CC(N)=O)COC1. The van der Waals surface area contributed by atoms with E-state index in [9.17, 15) is 9.59 Å². The van der Waals surface area contributed by atoms with Crippen LogP contribution < -0.4 is 11.1 Å². The first-order valence-electron chi connectivity index (χ1n) is 4.94. The maximum absolute atomic E-state index is 11.7. The lowest BCUT2D eigenvalue weighted by Crippen LogP contribution is -2.65. The minimum atomic E-state index is -0.573. The first kappa shape index (κ1) is 12.0. The van der Waals surface area contributed by atoms with Gasteiger partial charge in [-0.3, -0.25) is 9.59 Å². The quantitative estimate of drug-likeness (QED) is 0.682. The van der Waals surface area contributed by atoms with Gasteiger partial charge in [-0.25, -0.2) is 0 Å². The number of nitrogens with one attached hydrogen (secondary N) is 1. The zero-order valence-corrected chi connectivity index (χ0v) is 9.42. The van der Waals surface area contributed by atoms with Gasteiger partial charge in [0.25, 0.3) is 0 Å². The molecular formula is C10H18N2O3. The summed E-state index contributed by atoms with van der Waals surface area (Å²) in [4.78, 5) is 22.6. The molecule has 5 heteroatoms. The number of carbonyl (C=O) groups excluding carboxylic acids is 2. The van der Waals surface area contributed by atoms with Crippen LogP contribution in [-0.2, 0) is 14.3 Å². The predicted octanol–water partition coefficient (Wildman–Crippen LogP) is -0.207. The van der Waals surface area contributed by atoms with E-state index in [-0.39, 0.29) is 12.3 Å². The van der Waals surface area contributed by atoms with Crippen LogP contribution in [-0.4, -0.2) is 30.6 Å². The third-order valence-electron chi connectivity index (χ3n) is 2.33. The van der Waals surface area contributed by atoms with Crippen LogP contribution in [0, 0.1) is 5.41 Å². The molecule has 0 atom stereocenters. The lowest BCUT2D eigenvalue weighted by Gasteiger charge is -2.42. The molecule has 0 aromatic carbocycles. The van der Waals surface area contributed by atoms with Crippen molar-refractivity contribution < 1.29 is 14.3 Å². The van der Waals surface area contributed by atoms with E-state index in [1.807, 2.05) is 20.8 Å². The van der Waals surface area contributed by atoms with E-state index in [0.717, 1.165) is 0 Å². The van der Waals surface area contributed by atoms with Gasteiger partial charge >= 0.3 is 0 Å². The van der Waals surface area contributed by atoms with Gasteiger partial charge in [0.15, 0.2) is 0 Å².